The maximum atomic E-state index is 14.5. The first-order chi connectivity index (χ1) is 14.1. The summed E-state index contributed by atoms with van der Waals surface area (Å²) in [6, 6.07) is 9.79. The summed E-state index contributed by atoms with van der Waals surface area (Å²) in [5.74, 6) is -1.85. The molecule has 1 amide bonds. The Balaban J connectivity index is 2.19. The maximum Gasteiger partial charge on any atom is 0.251 e. The fourth-order valence-electron chi connectivity index (χ4n) is 3.23. The summed E-state index contributed by atoms with van der Waals surface area (Å²) in [6.07, 6.45) is 0.807. The minimum absolute atomic E-state index is 0.162. The van der Waals surface area contributed by atoms with E-state index in [1.165, 1.54) is 5.01 Å². The van der Waals surface area contributed by atoms with E-state index < -0.39 is 22.8 Å². The molecule has 1 heterocycles. The summed E-state index contributed by atoms with van der Waals surface area (Å²) in [7, 11) is 0. The zero-order chi connectivity index (χ0) is 22.1. The Kier molecular flexibility index (Phi) is 6.15. The fraction of sp³-hybridized carbons (Fsp3) is 0.364. The van der Waals surface area contributed by atoms with Gasteiger partial charge in [-0.1, -0.05) is 44.5 Å². The average molecular weight is 436 g/mol. The summed E-state index contributed by atoms with van der Waals surface area (Å²) in [5.41, 5.74) is 4.02. The molecule has 160 valence electrons. The van der Waals surface area contributed by atoms with Gasteiger partial charge in [-0.05, 0) is 43.3 Å². The van der Waals surface area contributed by atoms with Crippen molar-refractivity contribution in [3.8, 4) is 0 Å². The van der Waals surface area contributed by atoms with Crippen LogP contribution in [0.3, 0.4) is 0 Å². The third-order valence-electron chi connectivity index (χ3n) is 4.81. The van der Waals surface area contributed by atoms with E-state index in [-0.39, 0.29) is 17.4 Å². The first-order valence-corrected chi connectivity index (χ1v) is 10.00. The lowest BCUT2D eigenvalue weighted by molar-refractivity contribution is -0.161. The van der Waals surface area contributed by atoms with Gasteiger partial charge in [0.15, 0.2) is 0 Å². The topological polar surface area (TPSA) is 67.9 Å². The number of ether oxygens (including phenoxy) is 1. The second-order valence-corrected chi connectivity index (χ2v) is 8.62. The van der Waals surface area contributed by atoms with Gasteiger partial charge in [-0.2, -0.15) is 5.01 Å². The number of benzene rings is 2. The van der Waals surface area contributed by atoms with Crippen LogP contribution >= 0.6 is 11.6 Å². The summed E-state index contributed by atoms with van der Waals surface area (Å²) >= 11 is 6.04. The van der Waals surface area contributed by atoms with Crippen LogP contribution in [0.1, 0.15) is 44.7 Å². The molecule has 2 aromatic rings. The van der Waals surface area contributed by atoms with Crippen molar-refractivity contribution >= 4 is 23.4 Å². The number of carbonyl (C=O) groups is 1. The van der Waals surface area contributed by atoms with E-state index in [2.05, 4.69) is 5.10 Å². The summed E-state index contributed by atoms with van der Waals surface area (Å²) < 4.78 is 34.5. The van der Waals surface area contributed by atoms with Gasteiger partial charge < -0.3 is 10.5 Å². The van der Waals surface area contributed by atoms with Crippen molar-refractivity contribution in [3.63, 3.8) is 0 Å². The average Bonchev–Trinajstić information content (AvgIpc) is 3.07. The minimum atomic E-state index is -1.36. The Morgan fingerprint density at radius 2 is 1.87 bits per heavy atom. The number of nitrogens with zero attached hydrogens (tertiary/aromatic N) is 2. The predicted octanol–water partition coefficient (Wildman–Crippen LogP) is 4.78. The third-order valence-corrected chi connectivity index (χ3v) is 5.06. The maximum absolute atomic E-state index is 14.5. The predicted molar refractivity (Wildman–Crippen MR) is 112 cm³/mol. The Morgan fingerprint density at radius 3 is 2.47 bits per heavy atom. The molecule has 1 aliphatic rings. The summed E-state index contributed by atoms with van der Waals surface area (Å²) in [6.45, 7) is 5.60. The van der Waals surface area contributed by atoms with Gasteiger partial charge in [0, 0.05) is 22.4 Å². The summed E-state index contributed by atoms with van der Waals surface area (Å²) in [5, 5.41) is 6.07. The van der Waals surface area contributed by atoms with Crippen LogP contribution in [0.4, 0.5) is 8.78 Å². The van der Waals surface area contributed by atoms with Gasteiger partial charge in [-0.25, -0.2) is 8.78 Å². The second-order valence-electron chi connectivity index (χ2n) is 8.18. The molecule has 0 radical (unpaired) electrons. The molecule has 0 bridgehead atoms. The molecule has 1 atom stereocenters. The van der Waals surface area contributed by atoms with Crippen molar-refractivity contribution in [3.05, 3.63) is 70.2 Å². The SMILES string of the molecule is CC(C)(C)C(=O)N1N=C(c2cc(F)ccc2F)OC1(CCCN)c1ccc(Cl)cc1. The van der Waals surface area contributed by atoms with Gasteiger partial charge >= 0.3 is 0 Å². The molecular formula is C22H24ClF2N3O2. The van der Waals surface area contributed by atoms with Crippen LogP contribution in [0, 0.1) is 17.0 Å². The lowest BCUT2D eigenvalue weighted by Crippen LogP contribution is -2.49. The number of halogens is 3. The molecule has 5 nitrogen and oxygen atoms in total. The molecule has 1 unspecified atom stereocenters. The molecular weight excluding hydrogens is 412 g/mol. The van der Waals surface area contributed by atoms with Crippen molar-refractivity contribution in [2.45, 2.75) is 39.3 Å². The molecule has 1 aliphatic heterocycles. The Morgan fingerprint density at radius 1 is 1.20 bits per heavy atom. The van der Waals surface area contributed by atoms with E-state index in [0.29, 0.717) is 30.0 Å². The number of hydrogen-bond acceptors (Lipinski definition) is 4. The largest absolute Gasteiger partial charge is 0.443 e. The van der Waals surface area contributed by atoms with Gasteiger partial charge in [0.2, 0.25) is 11.6 Å². The molecule has 8 heteroatoms. The highest BCUT2D eigenvalue weighted by atomic mass is 35.5. The third kappa shape index (κ3) is 4.18. The van der Waals surface area contributed by atoms with Crippen LogP contribution in [0.5, 0.6) is 0 Å². The number of nitrogens with two attached hydrogens (primary N) is 1. The van der Waals surface area contributed by atoms with Crippen molar-refractivity contribution in [1.29, 1.82) is 0 Å². The molecule has 2 aromatic carbocycles. The quantitative estimate of drug-likeness (QED) is 0.735. The number of rotatable bonds is 5. The molecule has 0 fully saturated rings. The van der Waals surface area contributed by atoms with Gasteiger partial charge in [0.05, 0.1) is 5.56 Å². The van der Waals surface area contributed by atoms with Crippen LogP contribution in [-0.4, -0.2) is 23.4 Å². The number of hydrogen-bond donors (Lipinski definition) is 1. The van der Waals surface area contributed by atoms with E-state index in [9.17, 15) is 13.6 Å². The molecule has 0 saturated carbocycles. The monoisotopic (exact) mass is 435 g/mol. The fourth-order valence-corrected chi connectivity index (χ4v) is 3.35. The highest BCUT2D eigenvalue weighted by Gasteiger charge is 2.51. The Hall–Kier alpha value is -2.51. The van der Waals surface area contributed by atoms with E-state index in [0.717, 1.165) is 18.2 Å². The molecule has 3 rings (SSSR count). The first kappa shape index (κ1) is 22.2. The minimum Gasteiger partial charge on any atom is -0.443 e. The van der Waals surface area contributed by atoms with Crippen molar-refractivity contribution < 1.29 is 18.3 Å². The van der Waals surface area contributed by atoms with Gasteiger partial charge in [-0.3, -0.25) is 4.79 Å². The highest BCUT2D eigenvalue weighted by molar-refractivity contribution is 6.30. The van der Waals surface area contributed by atoms with Gasteiger partial charge in [0.25, 0.3) is 5.91 Å². The molecule has 0 spiro atoms. The highest BCUT2D eigenvalue weighted by Crippen LogP contribution is 2.43. The molecule has 0 saturated heterocycles. The van der Waals surface area contributed by atoms with Crippen LogP contribution in [-0.2, 0) is 15.3 Å². The Bertz CT molecular complexity index is 973. The first-order valence-electron chi connectivity index (χ1n) is 9.62. The lowest BCUT2D eigenvalue weighted by Gasteiger charge is -2.38. The van der Waals surface area contributed by atoms with Crippen molar-refractivity contribution in [2.24, 2.45) is 16.3 Å². The van der Waals surface area contributed by atoms with Crippen molar-refractivity contribution in [2.75, 3.05) is 6.54 Å². The van der Waals surface area contributed by atoms with Crippen LogP contribution < -0.4 is 5.73 Å². The van der Waals surface area contributed by atoms with Crippen LogP contribution in [0.25, 0.3) is 0 Å². The zero-order valence-electron chi connectivity index (χ0n) is 17.1. The second kappa shape index (κ2) is 8.32. The molecule has 0 aromatic heterocycles. The van der Waals surface area contributed by atoms with Crippen LogP contribution in [0.15, 0.2) is 47.6 Å². The van der Waals surface area contributed by atoms with Crippen LogP contribution in [0.2, 0.25) is 5.02 Å². The lowest BCUT2D eigenvalue weighted by atomic mass is 9.91. The van der Waals surface area contributed by atoms with Crippen molar-refractivity contribution in [1.82, 2.24) is 5.01 Å². The van der Waals surface area contributed by atoms with E-state index in [1.807, 2.05) is 0 Å². The van der Waals surface area contributed by atoms with E-state index >= 15 is 0 Å². The van der Waals surface area contributed by atoms with E-state index in [1.54, 1.807) is 45.0 Å². The smallest absolute Gasteiger partial charge is 0.251 e. The van der Waals surface area contributed by atoms with Gasteiger partial charge in [-0.15, -0.1) is 5.10 Å². The summed E-state index contributed by atoms with van der Waals surface area (Å²) in [4.78, 5) is 13.3. The molecule has 30 heavy (non-hydrogen) atoms. The zero-order valence-corrected chi connectivity index (χ0v) is 17.8. The number of hydrazone groups is 1. The standard InChI is InChI=1S/C22H24ClF2N3O2/c1-21(2,3)20(29)28-22(11-4-12-26,14-5-7-15(23)8-6-14)30-19(27-28)17-13-16(24)9-10-18(17)25/h5-10,13H,4,11-12,26H2,1-3H3. The normalized spacial score (nSPS) is 18.9. The number of amides is 1. The molecule has 0 aliphatic carbocycles. The van der Waals surface area contributed by atoms with E-state index in [4.69, 9.17) is 22.1 Å². The molecule has 2 N–H and O–H groups in total. The van der Waals surface area contributed by atoms with Gasteiger partial charge in [0.1, 0.15) is 11.6 Å². The number of carbonyl (C=O) groups excluding carboxylic acids is 1. The Labute approximate surface area is 179 Å².